The molecule has 3 unspecified atom stereocenters. The van der Waals surface area contributed by atoms with Crippen molar-refractivity contribution in [2.24, 2.45) is 17.8 Å². The van der Waals surface area contributed by atoms with Crippen LogP contribution in [0.1, 0.15) is 40.0 Å². The Morgan fingerprint density at radius 1 is 1.47 bits per heavy atom. The monoisotopic (exact) mass is 275 g/mol. The molecule has 1 amide bonds. The van der Waals surface area contributed by atoms with Crippen LogP contribution in [0.3, 0.4) is 0 Å². The molecule has 0 aromatic carbocycles. The van der Waals surface area contributed by atoms with Crippen molar-refractivity contribution in [2.45, 2.75) is 46.1 Å². The first-order valence-electron chi connectivity index (χ1n) is 5.90. The lowest BCUT2D eigenvalue weighted by Gasteiger charge is -2.37. The summed E-state index contributed by atoms with van der Waals surface area (Å²) in [4.78, 5) is 11.4. The first-order chi connectivity index (χ1) is 7.04. The average Bonchev–Trinajstić information content (AvgIpc) is 2.17. The molecule has 1 rings (SSSR count). The van der Waals surface area contributed by atoms with Gasteiger partial charge < -0.3 is 5.32 Å². The molecule has 2 nitrogen and oxygen atoms in total. The molecule has 1 aliphatic rings. The van der Waals surface area contributed by atoms with Crippen molar-refractivity contribution in [3.8, 4) is 0 Å². The Balaban J connectivity index is 2.57. The molecule has 88 valence electrons. The van der Waals surface area contributed by atoms with E-state index in [-0.39, 0.29) is 5.91 Å². The van der Waals surface area contributed by atoms with E-state index in [9.17, 15) is 4.79 Å². The number of carbonyl (C=O) groups excluding carboxylic acids is 1. The summed E-state index contributed by atoms with van der Waals surface area (Å²) in [5.41, 5.74) is 0. The highest BCUT2D eigenvalue weighted by molar-refractivity contribution is 9.09. The third kappa shape index (κ3) is 3.78. The predicted molar refractivity (Wildman–Crippen MR) is 67.1 cm³/mol. The van der Waals surface area contributed by atoms with Crippen LogP contribution in [-0.2, 0) is 4.79 Å². The minimum Gasteiger partial charge on any atom is -0.352 e. The fourth-order valence-corrected chi connectivity index (χ4v) is 2.78. The Morgan fingerprint density at radius 3 is 2.67 bits per heavy atom. The van der Waals surface area contributed by atoms with Gasteiger partial charge in [-0.2, -0.15) is 0 Å². The molecule has 0 radical (unpaired) electrons. The van der Waals surface area contributed by atoms with Crippen molar-refractivity contribution in [3.05, 3.63) is 0 Å². The van der Waals surface area contributed by atoms with Crippen molar-refractivity contribution < 1.29 is 4.79 Å². The highest BCUT2D eigenvalue weighted by atomic mass is 79.9. The van der Waals surface area contributed by atoms with Gasteiger partial charge in [0.25, 0.3) is 0 Å². The molecule has 1 saturated carbocycles. The standard InChI is InChI=1S/C12H22BrNO/c1-8(2)10-5-4-9(3)6-11(10)14-12(15)7-13/h8-11H,4-7H2,1-3H3,(H,14,15). The number of carbonyl (C=O) groups is 1. The minimum atomic E-state index is 0.125. The second-order valence-corrected chi connectivity index (χ2v) is 5.69. The van der Waals surface area contributed by atoms with Crippen molar-refractivity contribution >= 4 is 21.8 Å². The molecule has 3 heteroatoms. The van der Waals surface area contributed by atoms with E-state index in [1.165, 1.54) is 12.8 Å². The third-order valence-electron chi connectivity index (χ3n) is 3.49. The molecule has 3 atom stereocenters. The molecule has 0 aromatic rings. The maximum absolute atomic E-state index is 11.4. The van der Waals surface area contributed by atoms with E-state index in [0.29, 0.717) is 23.2 Å². The number of hydrogen-bond acceptors (Lipinski definition) is 1. The zero-order chi connectivity index (χ0) is 11.4. The van der Waals surface area contributed by atoms with Gasteiger partial charge in [0.2, 0.25) is 5.91 Å². The molecule has 1 fully saturated rings. The lowest BCUT2D eigenvalue weighted by atomic mass is 9.74. The number of alkyl halides is 1. The molecular weight excluding hydrogens is 254 g/mol. The highest BCUT2D eigenvalue weighted by Gasteiger charge is 2.31. The largest absolute Gasteiger partial charge is 0.352 e. The molecule has 15 heavy (non-hydrogen) atoms. The fraction of sp³-hybridized carbons (Fsp3) is 0.917. The second kappa shape index (κ2) is 5.88. The van der Waals surface area contributed by atoms with Gasteiger partial charge in [0.15, 0.2) is 0 Å². The van der Waals surface area contributed by atoms with Gasteiger partial charge in [0.05, 0.1) is 5.33 Å². The van der Waals surface area contributed by atoms with Gasteiger partial charge in [-0.3, -0.25) is 4.79 Å². The lowest BCUT2D eigenvalue weighted by Crippen LogP contribution is -2.46. The van der Waals surface area contributed by atoms with Crippen molar-refractivity contribution in [3.63, 3.8) is 0 Å². The number of rotatable bonds is 3. The van der Waals surface area contributed by atoms with Crippen LogP contribution in [0.4, 0.5) is 0 Å². The fourth-order valence-electron chi connectivity index (χ4n) is 2.61. The Morgan fingerprint density at radius 2 is 2.13 bits per heavy atom. The Kier molecular flexibility index (Phi) is 5.10. The van der Waals surface area contributed by atoms with Crippen LogP contribution in [0.25, 0.3) is 0 Å². The van der Waals surface area contributed by atoms with Crippen molar-refractivity contribution in [1.82, 2.24) is 5.32 Å². The smallest absolute Gasteiger partial charge is 0.230 e. The van der Waals surface area contributed by atoms with E-state index in [4.69, 9.17) is 0 Å². The predicted octanol–water partition coefficient (Wildman–Crippen LogP) is 2.96. The van der Waals surface area contributed by atoms with E-state index in [2.05, 4.69) is 42.0 Å². The summed E-state index contributed by atoms with van der Waals surface area (Å²) in [7, 11) is 0. The molecule has 0 aromatic heterocycles. The summed E-state index contributed by atoms with van der Waals surface area (Å²) < 4.78 is 0. The maximum Gasteiger partial charge on any atom is 0.230 e. The van der Waals surface area contributed by atoms with Crippen LogP contribution < -0.4 is 5.32 Å². The molecule has 1 N–H and O–H groups in total. The molecule has 1 aliphatic carbocycles. The van der Waals surface area contributed by atoms with Crippen LogP contribution >= 0.6 is 15.9 Å². The van der Waals surface area contributed by atoms with Crippen LogP contribution in [0.2, 0.25) is 0 Å². The summed E-state index contributed by atoms with van der Waals surface area (Å²) in [5.74, 6) is 2.20. The first kappa shape index (κ1) is 13.0. The van der Waals surface area contributed by atoms with E-state index in [1.807, 2.05) is 0 Å². The number of amides is 1. The number of nitrogens with one attached hydrogen (secondary N) is 1. The number of hydrogen-bond donors (Lipinski definition) is 1. The van der Waals surface area contributed by atoms with E-state index in [0.717, 1.165) is 12.3 Å². The Labute approximate surface area is 101 Å². The zero-order valence-corrected chi connectivity index (χ0v) is 11.5. The van der Waals surface area contributed by atoms with Crippen molar-refractivity contribution in [1.29, 1.82) is 0 Å². The summed E-state index contributed by atoms with van der Waals surface area (Å²) in [6.45, 7) is 6.80. The van der Waals surface area contributed by atoms with Gasteiger partial charge in [0, 0.05) is 6.04 Å². The molecular formula is C12H22BrNO. The molecule has 0 saturated heterocycles. The quantitative estimate of drug-likeness (QED) is 0.789. The summed E-state index contributed by atoms with van der Waals surface area (Å²) >= 11 is 3.20. The third-order valence-corrected chi connectivity index (χ3v) is 4.00. The van der Waals surface area contributed by atoms with Gasteiger partial charge in [-0.1, -0.05) is 43.1 Å². The lowest BCUT2D eigenvalue weighted by molar-refractivity contribution is -0.120. The van der Waals surface area contributed by atoms with Crippen LogP contribution in [0.15, 0.2) is 0 Å². The minimum absolute atomic E-state index is 0.125. The summed E-state index contributed by atoms with van der Waals surface area (Å²) in [6.07, 6.45) is 3.71. The Hall–Kier alpha value is -0.0500. The van der Waals surface area contributed by atoms with Crippen LogP contribution in [0.5, 0.6) is 0 Å². The number of halogens is 1. The molecule has 0 heterocycles. The second-order valence-electron chi connectivity index (χ2n) is 5.13. The van der Waals surface area contributed by atoms with Gasteiger partial charge in [-0.15, -0.1) is 0 Å². The maximum atomic E-state index is 11.4. The van der Waals surface area contributed by atoms with Gasteiger partial charge in [0.1, 0.15) is 0 Å². The van der Waals surface area contributed by atoms with E-state index >= 15 is 0 Å². The van der Waals surface area contributed by atoms with Crippen molar-refractivity contribution in [2.75, 3.05) is 5.33 Å². The molecule has 0 aliphatic heterocycles. The average molecular weight is 276 g/mol. The van der Waals surface area contributed by atoms with Crippen LogP contribution in [0, 0.1) is 17.8 Å². The normalized spacial score (nSPS) is 31.7. The van der Waals surface area contributed by atoms with Gasteiger partial charge in [-0.25, -0.2) is 0 Å². The molecule has 0 bridgehead atoms. The Bertz CT molecular complexity index is 218. The summed E-state index contributed by atoms with van der Waals surface area (Å²) in [5, 5.41) is 3.56. The molecule has 0 spiro atoms. The highest BCUT2D eigenvalue weighted by Crippen LogP contribution is 2.33. The first-order valence-corrected chi connectivity index (χ1v) is 7.02. The van der Waals surface area contributed by atoms with Gasteiger partial charge >= 0.3 is 0 Å². The summed E-state index contributed by atoms with van der Waals surface area (Å²) in [6, 6.07) is 0.388. The zero-order valence-electron chi connectivity index (χ0n) is 9.92. The van der Waals surface area contributed by atoms with Gasteiger partial charge in [-0.05, 0) is 30.6 Å². The topological polar surface area (TPSA) is 29.1 Å². The van der Waals surface area contributed by atoms with Crippen LogP contribution in [-0.4, -0.2) is 17.3 Å². The van der Waals surface area contributed by atoms with E-state index in [1.54, 1.807) is 0 Å². The SMILES string of the molecule is CC1CCC(C(C)C)C(NC(=O)CBr)C1. The van der Waals surface area contributed by atoms with E-state index < -0.39 is 0 Å².